The summed E-state index contributed by atoms with van der Waals surface area (Å²) in [5.41, 5.74) is 0.772. The Morgan fingerprint density at radius 3 is 2.55 bits per heavy atom. The summed E-state index contributed by atoms with van der Waals surface area (Å²) in [6, 6.07) is 0. The molecule has 1 fully saturated rings. The fraction of sp³-hybridized carbons (Fsp3) is 0.625. The highest BCUT2D eigenvalue weighted by Crippen LogP contribution is 2.04. The molecule has 0 radical (unpaired) electrons. The largest absolute Gasteiger partial charge is 0.378 e. The maximum absolute atomic E-state index is 10.5. The number of hydrogen-bond acceptors (Lipinski definition) is 3. The first-order chi connectivity index (χ1) is 5.38. The first kappa shape index (κ1) is 8.27. The maximum Gasteiger partial charge on any atom is 0.165 e. The number of carbonyl (C=O) groups is 1. The quantitative estimate of drug-likeness (QED) is 0.427. The predicted octanol–water partition coefficient (Wildman–Crippen LogP) is 0.421. The van der Waals surface area contributed by atoms with Crippen LogP contribution >= 0.6 is 0 Å². The average Bonchev–Trinajstić information content (AvgIpc) is 2.09. The number of hydrogen-bond donors (Lipinski definition) is 0. The van der Waals surface area contributed by atoms with Crippen molar-refractivity contribution in [3.05, 3.63) is 11.8 Å². The Morgan fingerprint density at radius 2 is 2.09 bits per heavy atom. The van der Waals surface area contributed by atoms with E-state index in [1.165, 1.54) is 0 Å². The average molecular weight is 155 g/mol. The number of morpholine rings is 1. The molecule has 62 valence electrons. The van der Waals surface area contributed by atoms with Gasteiger partial charge in [-0.3, -0.25) is 4.79 Å². The van der Waals surface area contributed by atoms with Gasteiger partial charge in [0.2, 0.25) is 0 Å². The number of nitrogens with zero attached hydrogens (tertiary/aromatic N) is 1. The van der Waals surface area contributed by atoms with Crippen LogP contribution in [-0.2, 0) is 9.53 Å². The molecule has 0 aromatic carbocycles. The summed E-state index contributed by atoms with van der Waals surface area (Å²) in [5, 5.41) is 0. The monoisotopic (exact) mass is 155 g/mol. The van der Waals surface area contributed by atoms with Gasteiger partial charge in [0.25, 0.3) is 0 Å². The van der Waals surface area contributed by atoms with E-state index in [9.17, 15) is 4.79 Å². The topological polar surface area (TPSA) is 29.5 Å². The van der Waals surface area contributed by atoms with E-state index >= 15 is 0 Å². The summed E-state index contributed by atoms with van der Waals surface area (Å²) in [6.45, 7) is 4.99. The lowest BCUT2D eigenvalue weighted by Gasteiger charge is -2.28. The molecule has 0 saturated carbocycles. The Kier molecular flexibility index (Phi) is 3.11. The fourth-order valence-electron chi connectivity index (χ4n) is 1.15. The van der Waals surface area contributed by atoms with Gasteiger partial charge in [0.05, 0.1) is 18.9 Å². The first-order valence-corrected chi connectivity index (χ1v) is 3.82. The lowest BCUT2D eigenvalue weighted by Crippen LogP contribution is -2.35. The number of allylic oxidation sites excluding steroid dienone is 2. The molecule has 3 heteroatoms. The van der Waals surface area contributed by atoms with Crippen molar-refractivity contribution in [1.29, 1.82) is 0 Å². The van der Waals surface area contributed by atoms with E-state index in [0.29, 0.717) is 0 Å². The van der Waals surface area contributed by atoms with E-state index < -0.39 is 0 Å². The standard InChI is InChI=1S/C8H13NO2/c1-2-8(7-10)9-3-5-11-6-4-9/h2,7H,3-6H2,1H3/b8-2-. The van der Waals surface area contributed by atoms with E-state index in [4.69, 9.17) is 4.74 Å². The van der Waals surface area contributed by atoms with Gasteiger partial charge in [0.15, 0.2) is 6.29 Å². The molecule has 0 amide bonds. The van der Waals surface area contributed by atoms with Gasteiger partial charge in [-0.1, -0.05) is 6.08 Å². The molecule has 0 unspecified atom stereocenters. The second-order valence-corrected chi connectivity index (χ2v) is 2.43. The van der Waals surface area contributed by atoms with Crippen molar-refractivity contribution in [1.82, 2.24) is 4.90 Å². The van der Waals surface area contributed by atoms with Crippen molar-refractivity contribution in [2.24, 2.45) is 0 Å². The Bertz CT molecular complexity index is 159. The Morgan fingerprint density at radius 1 is 1.45 bits per heavy atom. The van der Waals surface area contributed by atoms with Crippen molar-refractivity contribution < 1.29 is 9.53 Å². The van der Waals surface area contributed by atoms with E-state index in [-0.39, 0.29) is 0 Å². The van der Waals surface area contributed by atoms with Crippen LogP contribution in [0, 0.1) is 0 Å². The van der Waals surface area contributed by atoms with E-state index in [1.807, 2.05) is 17.9 Å². The number of rotatable bonds is 2. The zero-order chi connectivity index (χ0) is 8.10. The zero-order valence-corrected chi connectivity index (χ0v) is 6.75. The smallest absolute Gasteiger partial charge is 0.165 e. The van der Waals surface area contributed by atoms with Gasteiger partial charge in [-0.05, 0) is 6.92 Å². The summed E-state index contributed by atoms with van der Waals surface area (Å²) in [7, 11) is 0. The molecule has 1 saturated heterocycles. The summed E-state index contributed by atoms with van der Waals surface area (Å²) in [6.07, 6.45) is 2.73. The van der Waals surface area contributed by atoms with Crippen molar-refractivity contribution in [2.75, 3.05) is 26.3 Å². The maximum atomic E-state index is 10.5. The Hall–Kier alpha value is -0.830. The summed E-state index contributed by atoms with van der Waals surface area (Å²) in [4.78, 5) is 12.5. The van der Waals surface area contributed by atoms with Gasteiger partial charge in [-0.25, -0.2) is 0 Å². The third-order valence-electron chi connectivity index (χ3n) is 1.79. The number of carbonyl (C=O) groups excluding carboxylic acids is 1. The van der Waals surface area contributed by atoms with Crippen molar-refractivity contribution in [3.8, 4) is 0 Å². The molecule has 0 aliphatic carbocycles. The normalized spacial score (nSPS) is 20.1. The van der Waals surface area contributed by atoms with Gasteiger partial charge < -0.3 is 9.64 Å². The third-order valence-corrected chi connectivity index (χ3v) is 1.79. The predicted molar refractivity (Wildman–Crippen MR) is 42.2 cm³/mol. The highest BCUT2D eigenvalue weighted by molar-refractivity contribution is 5.72. The Balaban J connectivity index is 2.49. The molecule has 1 rings (SSSR count). The minimum Gasteiger partial charge on any atom is -0.378 e. The molecule has 1 aliphatic heterocycles. The van der Waals surface area contributed by atoms with Crippen molar-refractivity contribution in [2.45, 2.75) is 6.92 Å². The molecule has 0 bridgehead atoms. The van der Waals surface area contributed by atoms with Gasteiger partial charge in [0.1, 0.15) is 0 Å². The second-order valence-electron chi connectivity index (χ2n) is 2.43. The second kappa shape index (κ2) is 4.13. The lowest BCUT2D eigenvalue weighted by atomic mass is 10.3. The minimum atomic E-state index is 0.727. The molecule has 1 heterocycles. The van der Waals surface area contributed by atoms with E-state index in [0.717, 1.165) is 38.3 Å². The fourth-order valence-corrected chi connectivity index (χ4v) is 1.15. The van der Waals surface area contributed by atoms with Crippen LogP contribution in [0.2, 0.25) is 0 Å². The number of ether oxygens (including phenoxy) is 1. The molecular formula is C8H13NO2. The van der Waals surface area contributed by atoms with Crippen molar-refractivity contribution >= 4 is 6.29 Å². The van der Waals surface area contributed by atoms with Crippen LogP contribution in [0.25, 0.3) is 0 Å². The van der Waals surface area contributed by atoms with E-state index in [1.54, 1.807) is 0 Å². The summed E-state index contributed by atoms with van der Waals surface area (Å²) >= 11 is 0. The molecule has 0 spiro atoms. The van der Waals surface area contributed by atoms with Crippen LogP contribution in [0.4, 0.5) is 0 Å². The highest BCUT2D eigenvalue weighted by atomic mass is 16.5. The molecule has 0 aromatic heterocycles. The summed E-state index contributed by atoms with van der Waals surface area (Å²) in [5.74, 6) is 0. The third kappa shape index (κ3) is 2.05. The van der Waals surface area contributed by atoms with Crippen LogP contribution in [0.3, 0.4) is 0 Å². The van der Waals surface area contributed by atoms with Crippen LogP contribution in [-0.4, -0.2) is 37.5 Å². The molecule has 0 aromatic rings. The van der Waals surface area contributed by atoms with Crippen LogP contribution in [0.1, 0.15) is 6.92 Å². The van der Waals surface area contributed by atoms with Gasteiger partial charge >= 0.3 is 0 Å². The highest BCUT2D eigenvalue weighted by Gasteiger charge is 2.11. The molecule has 11 heavy (non-hydrogen) atoms. The van der Waals surface area contributed by atoms with Gasteiger partial charge in [0, 0.05) is 13.1 Å². The van der Waals surface area contributed by atoms with E-state index in [2.05, 4.69) is 0 Å². The molecule has 3 nitrogen and oxygen atoms in total. The van der Waals surface area contributed by atoms with Crippen LogP contribution in [0.15, 0.2) is 11.8 Å². The zero-order valence-electron chi connectivity index (χ0n) is 6.75. The van der Waals surface area contributed by atoms with Crippen LogP contribution in [0.5, 0.6) is 0 Å². The SMILES string of the molecule is C/C=C(/C=O)N1CCOCC1. The lowest BCUT2D eigenvalue weighted by molar-refractivity contribution is -0.106. The van der Waals surface area contributed by atoms with Crippen molar-refractivity contribution in [3.63, 3.8) is 0 Å². The summed E-state index contributed by atoms with van der Waals surface area (Å²) < 4.78 is 5.15. The molecule has 0 N–H and O–H groups in total. The first-order valence-electron chi connectivity index (χ1n) is 3.82. The minimum absolute atomic E-state index is 0.727. The molecule has 0 atom stereocenters. The molecular weight excluding hydrogens is 142 g/mol. The van der Waals surface area contributed by atoms with Gasteiger partial charge in [-0.2, -0.15) is 0 Å². The Labute approximate surface area is 66.6 Å². The van der Waals surface area contributed by atoms with Gasteiger partial charge in [-0.15, -0.1) is 0 Å². The molecule has 1 aliphatic rings. The number of aldehydes is 1. The van der Waals surface area contributed by atoms with Crippen LogP contribution < -0.4 is 0 Å².